The van der Waals surface area contributed by atoms with Crippen LogP contribution in [0.5, 0.6) is 5.75 Å². The van der Waals surface area contributed by atoms with Gasteiger partial charge in [-0.15, -0.1) is 0 Å². The number of hydrogen-bond acceptors (Lipinski definition) is 4. The van der Waals surface area contributed by atoms with Crippen molar-refractivity contribution in [1.29, 1.82) is 0 Å². The fourth-order valence-corrected chi connectivity index (χ4v) is 2.77. The molecule has 1 saturated carbocycles. The summed E-state index contributed by atoms with van der Waals surface area (Å²) in [4.78, 5) is 2.49. The van der Waals surface area contributed by atoms with Gasteiger partial charge in [0.25, 0.3) is 0 Å². The van der Waals surface area contributed by atoms with E-state index < -0.39 is 0 Å². The fourth-order valence-electron chi connectivity index (χ4n) is 2.77. The normalized spacial score (nSPS) is 16.4. The van der Waals surface area contributed by atoms with Crippen LogP contribution >= 0.6 is 0 Å². The monoisotopic (exact) mass is 278 g/mol. The standard InChI is InChI=1S/C16H26N2O2/c1-12-10-13(4-7-16(12)20-3)15(11-17)18(8-9-19-2)14-5-6-14/h4,7,10,14-15H,5-6,8-9,11,17H2,1-3H3. The van der Waals surface area contributed by atoms with E-state index in [1.54, 1.807) is 14.2 Å². The predicted octanol–water partition coefficient (Wildman–Crippen LogP) is 2.11. The molecule has 2 rings (SSSR count). The number of benzene rings is 1. The Morgan fingerprint density at radius 1 is 1.35 bits per heavy atom. The van der Waals surface area contributed by atoms with Crippen LogP contribution < -0.4 is 10.5 Å². The Morgan fingerprint density at radius 3 is 2.60 bits per heavy atom. The van der Waals surface area contributed by atoms with Crippen LogP contribution in [0.2, 0.25) is 0 Å². The van der Waals surface area contributed by atoms with Crippen molar-refractivity contribution in [2.45, 2.75) is 31.8 Å². The summed E-state index contributed by atoms with van der Waals surface area (Å²) in [6.07, 6.45) is 2.55. The first-order chi connectivity index (χ1) is 9.71. The summed E-state index contributed by atoms with van der Waals surface area (Å²) in [5.74, 6) is 0.930. The van der Waals surface area contributed by atoms with Gasteiger partial charge in [0.15, 0.2) is 0 Å². The Hall–Kier alpha value is -1.10. The van der Waals surface area contributed by atoms with Gasteiger partial charge in [-0.1, -0.05) is 12.1 Å². The zero-order valence-electron chi connectivity index (χ0n) is 12.8. The molecule has 4 heteroatoms. The molecule has 0 heterocycles. The van der Waals surface area contributed by atoms with Crippen LogP contribution in [0, 0.1) is 6.92 Å². The zero-order chi connectivity index (χ0) is 14.5. The number of hydrogen-bond donors (Lipinski definition) is 1. The molecule has 0 aromatic heterocycles. The Morgan fingerprint density at radius 2 is 2.10 bits per heavy atom. The zero-order valence-corrected chi connectivity index (χ0v) is 12.8. The molecule has 1 aromatic rings. The van der Waals surface area contributed by atoms with Crippen LogP contribution in [-0.2, 0) is 4.74 Å². The molecular weight excluding hydrogens is 252 g/mol. The van der Waals surface area contributed by atoms with Gasteiger partial charge in [-0.2, -0.15) is 0 Å². The van der Waals surface area contributed by atoms with E-state index in [0.717, 1.165) is 24.5 Å². The highest BCUT2D eigenvalue weighted by Crippen LogP contribution is 2.34. The second-order valence-electron chi connectivity index (χ2n) is 5.44. The molecule has 112 valence electrons. The summed E-state index contributed by atoms with van der Waals surface area (Å²) in [6, 6.07) is 7.29. The van der Waals surface area contributed by atoms with Crippen molar-refractivity contribution in [2.75, 3.05) is 33.9 Å². The Bertz CT molecular complexity index is 432. The molecular formula is C16H26N2O2. The lowest BCUT2D eigenvalue weighted by Crippen LogP contribution is -2.37. The molecule has 1 aliphatic carbocycles. The van der Waals surface area contributed by atoms with Crippen LogP contribution in [0.25, 0.3) is 0 Å². The fraction of sp³-hybridized carbons (Fsp3) is 0.625. The van der Waals surface area contributed by atoms with Crippen molar-refractivity contribution in [3.05, 3.63) is 29.3 Å². The molecule has 1 atom stereocenters. The van der Waals surface area contributed by atoms with Crippen molar-refractivity contribution >= 4 is 0 Å². The SMILES string of the molecule is COCCN(C1CC1)C(CN)c1ccc(OC)c(C)c1. The average Bonchev–Trinajstić information content (AvgIpc) is 3.28. The van der Waals surface area contributed by atoms with Crippen LogP contribution in [-0.4, -0.2) is 44.9 Å². The molecule has 0 spiro atoms. The van der Waals surface area contributed by atoms with E-state index in [4.69, 9.17) is 15.2 Å². The van der Waals surface area contributed by atoms with E-state index in [1.165, 1.54) is 18.4 Å². The number of nitrogens with two attached hydrogens (primary N) is 1. The third-order valence-electron chi connectivity index (χ3n) is 4.00. The molecule has 1 unspecified atom stereocenters. The minimum atomic E-state index is 0.266. The summed E-state index contributed by atoms with van der Waals surface area (Å²) in [5.41, 5.74) is 8.48. The molecule has 0 amide bonds. The number of rotatable bonds is 8. The quantitative estimate of drug-likeness (QED) is 0.791. The highest BCUT2D eigenvalue weighted by atomic mass is 16.5. The van der Waals surface area contributed by atoms with Crippen molar-refractivity contribution in [2.24, 2.45) is 5.73 Å². The van der Waals surface area contributed by atoms with Crippen molar-refractivity contribution in [1.82, 2.24) is 4.90 Å². The molecule has 20 heavy (non-hydrogen) atoms. The van der Waals surface area contributed by atoms with E-state index in [1.807, 2.05) is 6.07 Å². The minimum absolute atomic E-state index is 0.266. The summed E-state index contributed by atoms with van der Waals surface area (Å²) in [7, 11) is 3.46. The first-order valence-corrected chi connectivity index (χ1v) is 7.30. The number of nitrogens with zero attached hydrogens (tertiary/aromatic N) is 1. The Balaban J connectivity index is 2.18. The number of methoxy groups -OCH3 is 2. The molecule has 1 aliphatic rings. The van der Waals surface area contributed by atoms with Crippen molar-refractivity contribution in [3.63, 3.8) is 0 Å². The largest absolute Gasteiger partial charge is 0.496 e. The smallest absolute Gasteiger partial charge is 0.121 e. The molecule has 0 radical (unpaired) electrons. The highest BCUT2D eigenvalue weighted by molar-refractivity contribution is 5.37. The summed E-state index contributed by atoms with van der Waals surface area (Å²) >= 11 is 0. The Kier molecular flexibility index (Phi) is 5.40. The highest BCUT2D eigenvalue weighted by Gasteiger charge is 2.33. The van der Waals surface area contributed by atoms with Gasteiger partial charge >= 0.3 is 0 Å². The second-order valence-corrected chi connectivity index (χ2v) is 5.44. The van der Waals surface area contributed by atoms with Gasteiger partial charge in [-0.25, -0.2) is 0 Å². The third-order valence-corrected chi connectivity index (χ3v) is 4.00. The number of ether oxygens (including phenoxy) is 2. The van der Waals surface area contributed by atoms with Gasteiger partial charge < -0.3 is 15.2 Å². The van der Waals surface area contributed by atoms with Crippen LogP contribution in [0.3, 0.4) is 0 Å². The topological polar surface area (TPSA) is 47.7 Å². The van der Waals surface area contributed by atoms with E-state index in [-0.39, 0.29) is 6.04 Å². The van der Waals surface area contributed by atoms with E-state index in [2.05, 4.69) is 24.0 Å². The lowest BCUT2D eigenvalue weighted by atomic mass is 10.0. The van der Waals surface area contributed by atoms with Gasteiger partial charge in [0.05, 0.1) is 13.7 Å². The maximum absolute atomic E-state index is 6.05. The van der Waals surface area contributed by atoms with E-state index >= 15 is 0 Å². The van der Waals surface area contributed by atoms with E-state index in [0.29, 0.717) is 12.6 Å². The van der Waals surface area contributed by atoms with Crippen LogP contribution in [0.4, 0.5) is 0 Å². The van der Waals surface area contributed by atoms with Gasteiger partial charge in [-0.3, -0.25) is 4.90 Å². The number of aryl methyl sites for hydroxylation is 1. The first kappa shape index (κ1) is 15.3. The molecule has 0 bridgehead atoms. The van der Waals surface area contributed by atoms with Crippen molar-refractivity contribution in [3.8, 4) is 5.75 Å². The van der Waals surface area contributed by atoms with Crippen LogP contribution in [0.15, 0.2) is 18.2 Å². The lowest BCUT2D eigenvalue weighted by molar-refractivity contribution is 0.115. The van der Waals surface area contributed by atoms with Gasteiger partial charge in [0.2, 0.25) is 0 Å². The van der Waals surface area contributed by atoms with Crippen molar-refractivity contribution < 1.29 is 9.47 Å². The molecule has 1 aromatic carbocycles. The maximum Gasteiger partial charge on any atom is 0.121 e. The molecule has 4 nitrogen and oxygen atoms in total. The summed E-state index contributed by atoms with van der Waals surface area (Å²) in [5, 5.41) is 0. The summed E-state index contributed by atoms with van der Waals surface area (Å²) < 4.78 is 10.6. The summed E-state index contributed by atoms with van der Waals surface area (Å²) in [6.45, 7) is 4.40. The first-order valence-electron chi connectivity index (χ1n) is 7.30. The molecule has 0 aliphatic heterocycles. The van der Waals surface area contributed by atoms with Gasteiger partial charge in [0, 0.05) is 32.3 Å². The second kappa shape index (κ2) is 7.07. The minimum Gasteiger partial charge on any atom is -0.496 e. The predicted molar refractivity (Wildman–Crippen MR) is 81.1 cm³/mol. The molecule has 2 N–H and O–H groups in total. The molecule has 1 fully saturated rings. The van der Waals surface area contributed by atoms with E-state index in [9.17, 15) is 0 Å². The Labute approximate surface area is 121 Å². The van der Waals surface area contributed by atoms with Gasteiger partial charge in [-0.05, 0) is 37.0 Å². The third kappa shape index (κ3) is 3.51. The van der Waals surface area contributed by atoms with Crippen LogP contribution in [0.1, 0.15) is 30.0 Å². The maximum atomic E-state index is 6.05. The lowest BCUT2D eigenvalue weighted by Gasteiger charge is -2.31. The van der Waals surface area contributed by atoms with Gasteiger partial charge in [0.1, 0.15) is 5.75 Å². The average molecular weight is 278 g/mol. The molecule has 0 saturated heterocycles.